The van der Waals surface area contributed by atoms with Crippen molar-refractivity contribution in [2.45, 2.75) is 19.5 Å². The number of morpholine rings is 1. The van der Waals surface area contributed by atoms with E-state index in [0.717, 1.165) is 23.6 Å². The zero-order valence-electron chi connectivity index (χ0n) is 12.5. The number of nitrogens with one attached hydrogen (secondary N) is 2. The molecule has 3 rings (SSSR count). The minimum Gasteiger partial charge on any atom is -0.378 e. The SMILES string of the molecule is CCn1cnnc1-c1cccc(NC(=O)C2COCCN2)c1. The number of aromatic nitrogens is 3. The van der Waals surface area contributed by atoms with Crippen LogP contribution in [0.5, 0.6) is 0 Å². The molecule has 22 heavy (non-hydrogen) atoms. The summed E-state index contributed by atoms with van der Waals surface area (Å²) in [5.41, 5.74) is 1.66. The molecule has 1 unspecified atom stereocenters. The van der Waals surface area contributed by atoms with Crippen LogP contribution in [0.3, 0.4) is 0 Å². The normalized spacial score (nSPS) is 18.1. The molecule has 2 N–H and O–H groups in total. The van der Waals surface area contributed by atoms with Gasteiger partial charge in [-0.1, -0.05) is 12.1 Å². The van der Waals surface area contributed by atoms with Crippen LogP contribution in [0, 0.1) is 0 Å². The van der Waals surface area contributed by atoms with Gasteiger partial charge in [0.25, 0.3) is 0 Å². The number of amides is 1. The molecule has 0 spiro atoms. The van der Waals surface area contributed by atoms with Crippen LogP contribution in [-0.2, 0) is 16.1 Å². The molecule has 0 bridgehead atoms. The predicted octanol–water partition coefficient (Wildman–Crippen LogP) is 0.892. The van der Waals surface area contributed by atoms with Crippen molar-refractivity contribution < 1.29 is 9.53 Å². The Morgan fingerprint density at radius 1 is 1.55 bits per heavy atom. The van der Waals surface area contributed by atoms with Crippen molar-refractivity contribution in [1.82, 2.24) is 20.1 Å². The van der Waals surface area contributed by atoms with Gasteiger partial charge in [-0.25, -0.2) is 0 Å². The summed E-state index contributed by atoms with van der Waals surface area (Å²) in [6.07, 6.45) is 1.70. The average molecular weight is 301 g/mol. The fourth-order valence-electron chi connectivity index (χ4n) is 2.41. The van der Waals surface area contributed by atoms with E-state index < -0.39 is 0 Å². The molecule has 0 saturated carbocycles. The van der Waals surface area contributed by atoms with Gasteiger partial charge in [-0.15, -0.1) is 10.2 Å². The summed E-state index contributed by atoms with van der Waals surface area (Å²) in [7, 11) is 0. The first kappa shape index (κ1) is 14.7. The molecule has 7 nitrogen and oxygen atoms in total. The third-order valence-corrected chi connectivity index (χ3v) is 3.58. The van der Waals surface area contributed by atoms with Crippen molar-refractivity contribution in [1.29, 1.82) is 0 Å². The Hall–Kier alpha value is -2.25. The summed E-state index contributed by atoms with van der Waals surface area (Å²) in [6, 6.07) is 7.30. The summed E-state index contributed by atoms with van der Waals surface area (Å²) in [6.45, 7) is 4.56. The van der Waals surface area contributed by atoms with Crippen LogP contribution in [0.25, 0.3) is 11.4 Å². The Morgan fingerprint density at radius 3 is 3.23 bits per heavy atom. The molecule has 2 heterocycles. The van der Waals surface area contributed by atoms with E-state index in [1.54, 1.807) is 6.33 Å². The van der Waals surface area contributed by atoms with E-state index in [0.29, 0.717) is 19.8 Å². The summed E-state index contributed by atoms with van der Waals surface area (Å²) >= 11 is 0. The Balaban J connectivity index is 1.75. The summed E-state index contributed by atoms with van der Waals surface area (Å²) in [4.78, 5) is 12.2. The second-order valence-corrected chi connectivity index (χ2v) is 5.09. The number of hydrogen-bond acceptors (Lipinski definition) is 5. The number of carbonyl (C=O) groups is 1. The van der Waals surface area contributed by atoms with Crippen molar-refractivity contribution in [3.05, 3.63) is 30.6 Å². The number of hydrogen-bond donors (Lipinski definition) is 2. The van der Waals surface area contributed by atoms with Gasteiger partial charge in [0.15, 0.2) is 5.82 Å². The van der Waals surface area contributed by atoms with Gasteiger partial charge in [-0.2, -0.15) is 0 Å². The molecule has 1 aliphatic rings. The van der Waals surface area contributed by atoms with E-state index in [-0.39, 0.29) is 11.9 Å². The third kappa shape index (κ3) is 3.15. The highest BCUT2D eigenvalue weighted by Crippen LogP contribution is 2.20. The molecule has 1 aliphatic heterocycles. The van der Waals surface area contributed by atoms with Crippen LogP contribution < -0.4 is 10.6 Å². The van der Waals surface area contributed by atoms with Gasteiger partial charge in [0.05, 0.1) is 13.2 Å². The Morgan fingerprint density at radius 2 is 2.45 bits per heavy atom. The first-order chi connectivity index (χ1) is 10.8. The van der Waals surface area contributed by atoms with Crippen LogP contribution in [0.1, 0.15) is 6.92 Å². The maximum atomic E-state index is 12.2. The highest BCUT2D eigenvalue weighted by atomic mass is 16.5. The van der Waals surface area contributed by atoms with Gasteiger partial charge in [0.1, 0.15) is 12.4 Å². The minimum atomic E-state index is -0.309. The Kier molecular flexibility index (Phi) is 4.45. The van der Waals surface area contributed by atoms with Crippen molar-refractivity contribution in [2.24, 2.45) is 0 Å². The van der Waals surface area contributed by atoms with Gasteiger partial charge < -0.3 is 19.9 Å². The third-order valence-electron chi connectivity index (χ3n) is 3.58. The lowest BCUT2D eigenvalue weighted by atomic mass is 10.1. The average Bonchev–Trinajstić information content (AvgIpc) is 3.04. The lowest BCUT2D eigenvalue weighted by Gasteiger charge is -2.23. The molecular weight excluding hydrogens is 282 g/mol. The molecule has 1 atom stereocenters. The molecule has 1 saturated heterocycles. The molecule has 116 valence electrons. The molecule has 7 heteroatoms. The van der Waals surface area contributed by atoms with E-state index in [4.69, 9.17) is 4.74 Å². The maximum absolute atomic E-state index is 12.2. The number of nitrogens with zero attached hydrogens (tertiary/aromatic N) is 3. The largest absolute Gasteiger partial charge is 0.378 e. The van der Waals surface area contributed by atoms with Gasteiger partial charge in [0, 0.05) is 24.3 Å². The molecular formula is C15H19N5O2. The van der Waals surface area contributed by atoms with E-state index in [9.17, 15) is 4.79 Å². The number of anilines is 1. The molecule has 0 aliphatic carbocycles. The standard InChI is InChI=1S/C15H19N5O2/c1-2-20-10-17-19-14(20)11-4-3-5-12(8-11)18-15(21)13-9-22-7-6-16-13/h3-5,8,10,13,16H,2,6-7,9H2,1H3,(H,18,21). The van der Waals surface area contributed by atoms with E-state index in [1.807, 2.05) is 35.8 Å². The number of ether oxygens (including phenoxy) is 1. The maximum Gasteiger partial charge on any atom is 0.243 e. The van der Waals surface area contributed by atoms with E-state index in [2.05, 4.69) is 20.8 Å². The molecule has 1 aromatic carbocycles. The van der Waals surface area contributed by atoms with Crippen LogP contribution in [-0.4, -0.2) is 46.5 Å². The molecule has 0 radical (unpaired) electrons. The second-order valence-electron chi connectivity index (χ2n) is 5.09. The number of carbonyl (C=O) groups excluding carboxylic acids is 1. The lowest BCUT2D eigenvalue weighted by Crippen LogP contribution is -2.48. The fourth-order valence-corrected chi connectivity index (χ4v) is 2.41. The Bertz CT molecular complexity index is 649. The van der Waals surface area contributed by atoms with Crippen molar-refractivity contribution in [3.63, 3.8) is 0 Å². The first-order valence-corrected chi connectivity index (χ1v) is 7.38. The number of rotatable bonds is 4. The van der Waals surface area contributed by atoms with Crippen molar-refractivity contribution >= 4 is 11.6 Å². The molecule has 1 aromatic heterocycles. The quantitative estimate of drug-likeness (QED) is 0.876. The van der Waals surface area contributed by atoms with Crippen LogP contribution >= 0.6 is 0 Å². The highest BCUT2D eigenvalue weighted by molar-refractivity contribution is 5.95. The number of benzene rings is 1. The van der Waals surface area contributed by atoms with Gasteiger partial charge >= 0.3 is 0 Å². The van der Waals surface area contributed by atoms with Crippen molar-refractivity contribution in [3.8, 4) is 11.4 Å². The summed E-state index contributed by atoms with van der Waals surface area (Å²) in [5.74, 6) is 0.700. The first-order valence-electron chi connectivity index (χ1n) is 7.38. The Labute approximate surface area is 128 Å². The van der Waals surface area contributed by atoms with Crippen molar-refractivity contribution in [2.75, 3.05) is 25.1 Å². The monoisotopic (exact) mass is 301 g/mol. The van der Waals surface area contributed by atoms with Gasteiger partial charge in [0.2, 0.25) is 5.91 Å². The van der Waals surface area contributed by atoms with Gasteiger partial charge in [-0.05, 0) is 19.1 Å². The summed E-state index contributed by atoms with van der Waals surface area (Å²) in [5, 5.41) is 14.1. The predicted molar refractivity (Wildman–Crippen MR) is 82.4 cm³/mol. The molecule has 2 aromatic rings. The lowest BCUT2D eigenvalue weighted by molar-refractivity contribution is -0.120. The second kappa shape index (κ2) is 6.67. The summed E-state index contributed by atoms with van der Waals surface area (Å²) < 4.78 is 7.26. The van der Waals surface area contributed by atoms with Crippen LogP contribution in [0.15, 0.2) is 30.6 Å². The highest BCUT2D eigenvalue weighted by Gasteiger charge is 2.21. The zero-order chi connectivity index (χ0) is 15.4. The zero-order valence-corrected chi connectivity index (χ0v) is 12.5. The van der Waals surface area contributed by atoms with Crippen LogP contribution in [0.2, 0.25) is 0 Å². The topological polar surface area (TPSA) is 81.1 Å². The molecule has 1 amide bonds. The smallest absolute Gasteiger partial charge is 0.243 e. The minimum absolute atomic E-state index is 0.0891. The number of aryl methyl sites for hydroxylation is 1. The molecule has 1 fully saturated rings. The van der Waals surface area contributed by atoms with Crippen LogP contribution in [0.4, 0.5) is 5.69 Å². The van der Waals surface area contributed by atoms with Gasteiger partial charge in [-0.3, -0.25) is 4.79 Å². The van der Waals surface area contributed by atoms with E-state index >= 15 is 0 Å². The fraction of sp³-hybridized carbons (Fsp3) is 0.400. The van der Waals surface area contributed by atoms with E-state index in [1.165, 1.54) is 0 Å².